The molecule has 0 saturated carbocycles. The van der Waals surface area contributed by atoms with Gasteiger partial charge < -0.3 is 15.4 Å². The van der Waals surface area contributed by atoms with Crippen LogP contribution in [0, 0.1) is 11.6 Å². The lowest BCUT2D eigenvalue weighted by atomic mass is 9.90. The number of carbonyl (C=O) groups excluding carboxylic acids is 1. The summed E-state index contributed by atoms with van der Waals surface area (Å²) in [6, 6.07) is 2.38. The van der Waals surface area contributed by atoms with Crippen LogP contribution >= 0.6 is 0 Å². The highest BCUT2D eigenvalue weighted by molar-refractivity contribution is 5.78. The van der Waals surface area contributed by atoms with E-state index >= 15 is 0 Å². The molecule has 2 N–H and O–H groups in total. The number of carbonyl (C=O) groups is 1. The van der Waals surface area contributed by atoms with Gasteiger partial charge in [0.25, 0.3) is 0 Å². The van der Waals surface area contributed by atoms with Crippen LogP contribution in [-0.4, -0.2) is 37.1 Å². The minimum absolute atomic E-state index is 0.135. The van der Waals surface area contributed by atoms with Crippen LogP contribution in [0.3, 0.4) is 0 Å². The Balaban J connectivity index is 2.39. The molecule has 0 aromatic heterocycles. The van der Waals surface area contributed by atoms with Crippen molar-refractivity contribution in [3.63, 3.8) is 0 Å². The van der Waals surface area contributed by atoms with Crippen LogP contribution in [0.1, 0.15) is 24.4 Å². The third kappa shape index (κ3) is 2.81. The predicted molar refractivity (Wildman–Crippen MR) is 69.9 cm³/mol. The molecule has 2 unspecified atom stereocenters. The van der Waals surface area contributed by atoms with Crippen molar-refractivity contribution in [2.75, 3.05) is 20.3 Å². The fraction of sp³-hybridized carbons (Fsp3) is 0.500. The molecule has 1 aliphatic rings. The molecule has 6 heteroatoms. The summed E-state index contributed by atoms with van der Waals surface area (Å²) in [5.74, 6) is -1.51. The van der Waals surface area contributed by atoms with Gasteiger partial charge in [-0.05, 0) is 18.6 Å². The molecule has 0 spiro atoms. The number of amides is 1. The highest BCUT2D eigenvalue weighted by atomic mass is 19.1. The number of halogens is 2. The summed E-state index contributed by atoms with van der Waals surface area (Å²) in [7, 11) is 1.51. The summed E-state index contributed by atoms with van der Waals surface area (Å²) in [6.07, 6.45) is 0.707. The van der Waals surface area contributed by atoms with E-state index in [1.165, 1.54) is 30.2 Å². The number of likely N-dealkylation sites (tertiary alicyclic amines) is 1. The van der Waals surface area contributed by atoms with Crippen LogP contribution < -0.4 is 5.73 Å². The van der Waals surface area contributed by atoms with Crippen LogP contribution in [0.4, 0.5) is 8.78 Å². The highest BCUT2D eigenvalue weighted by Gasteiger charge is 2.37. The Kier molecular flexibility index (Phi) is 4.67. The standard InChI is InChI=1S/C14H18F2N2O2/c1-20-8-7-18-12(19)6-5-11(17)14(18)13-9(15)3-2-4-10(13)16/h2-4,11,14H,5-8,17H2,1H3. The lowest BCUT2D eigenvalue weighted by molar-refractivity contribution is -0.138. The van der Waals surface area contributed by atoms with Crippen LogP contribution in [0.15, 0.2) is 18.2 Å². The van der Waals surface area contributed by atoms with E-state index in [0.29, 0.717) is 13.0 Å². The van der Waals surface area contributed by atoms with Crippen LogP contribution in [0.25, 0.3) is 0 Å². The normalized spacial score (nSPS) is 23.2. The number of methoxy groups -OCH3 is 1. The molecule has 1 aromatic carbocycles. The minimum atomic E-state index is -0.785. The first-order valence-corrected chi connectivity index (χ1v) is 6.54. The number of nitrogens with zero attached hydrogens (tertiary/aromatic N) is 1. The van der Waals surface area contributed by atoms with Crippen molar-refractivity contribution < 1.29 is 18.3 Å². The molecule has 1 heterocycles. The van der Waals surface area contributed by atoms with Crippen molar-refractivity contribution in [3.05, 3.63) is 35.4 Å². The zero-order valence-corrected chi connectivity index (χ0v) is 11.3. The second kappa shape index (κ2) is 6.28. The van der Waals surface area contributed by atoms with Gasteiger partial charge in [-0.1, -0.05) is 6.07 Å². The summed E-state index contributed by atoms with van der Waals surface area (Å²) < 4.78 is 32.9. The lowest BCUT2D eigenvalue weighted by Crippen LogP contribution is -2.50. The third-order valence-electron chi connectivity index (χ3n) is 3.59. The fourth-order valence-corrected chi connectivity index (χ4v) is 2.59. The number of hydrogen-bond donors (Lipinski definition) is 1. The SMILES string of the molecule is COCCN1C(=O)CCC(N)C1c1c(F)cccc1F. The van der Waals surface area contributed by atoms with E-state index in [1.807, 2.05) is 0 Å². The average Bonchev–Trinajstić information content (AvgIpc) is 2.41. The van der Waals surface area contributed by atoms with E-state index in [9.17, 15) is 13.6 Å². The first kappa shape index (κ1) is 14.9. The monoisotopic (exact) mass is 284 g/mol. The lowest BCUT2D eigenvalue weighted by Gasteiger charge is -2.40. The van der Waals surface area contributed by atoms with E-state index in [2.05, 4.69) is 0 Å². The van der Waals surface area contributed by atoms with E-state index in [4.69, 9.17) is 10.5 Å². The number of hydrogen-bond acceptors (Lipinski definition) is 3. The Hall–Kier alpha value is -1.53. The predicted octanol–water partition coefficient (Wildman–Crippen LogP) is 1.60. The van der Waals surface area contributed by atoms with Gasteiger partial charge in [-0.3, -0.25) is 4.79 Å². The summed E-state index contributed by atoms with van der Waals surface area (Å²) in [6.45, 7) is 0.562. The molecule has 20 heavy (non-hydrogen) atoms. The number of rotatable bonds is 4. The van der Waals surface area contributed by atoms with Gasteiger partial charge in [0.15, 0.2) is 0 Å². The van der Waals surface area contributed by atoms with Gasteiger partial charge in [0.05, 0.1) is 12.6 Å². The smallest absolute Gasteiger partial charge is 0.223 e. The number of benzene rings is 1. The second-order valence-corrected chi connectivity index (χ2v) is 4.86. The number of ether oxygens (including phenoxy) is 1. The van der Waals surface area contributed by atoms with E-state index in [1.54, 1.807) is 0 Å². The zero-order valence-electron chi connectivity index (χ0n) is 11.3. The van der Waals surface area contributed by atoms with Crippen LogP contribution in [0.5, 0.6) is 0 Å². The fourth-order valence-electron chi connectivity index (χ4n) is 2.59. The number of nitrogens with two attached hydrogens (primary N) is 1. The second-order valence-electron chi connectivity index (χ2n) is 4.86. The van der Waals surface area contributed by atoms with E-state index in [0.717, 1.165) is 0 Å². The molecule has 2 rings (SSSR count). The van der Waals surface area contributed by atoms with Crippen molar-refractivity contribution in [1.29, 1.82) is 0 Å². The van der Waals surface area contributed by atoms with Crippen LogP contribution in [0.2, 0.25) is 0 Å². The Labute approximate surface area is 116 Å². The van der Waals surface area contributed by atoms with Gasteiger partial charge in [-0.25, -0.2) is 8.78 Å². The van der Waals surface area contributed by atoms with Gasteiger partial charge in [0, 0.05) is 31.7 Å². The Morgan fingerprint density at radius 3 is 2.65 bits per heavy atom. The first-order chi connectivity index (χ1) is 9.56. The largest absolute Gasteiger partial charge is 0.383 e. The molecule has 1 amide bonds. The molecule has 0 radical (unpaired) electrons. The van der Waals surface area contributed by atoms with Gasteiger partial charge >= 0.3 is 0 Å². The topological polar surface area (TPSA) is 55.6 Å². The summed E-state index contributed by atoms with van der Waals surface area (Å²) >= 11 is 0. The molecule has 110 valence electrons. The Morgan fingerprint density at radius 1 is 1.40 bits per heavy atom. The van der Waals surface area contributed by atoms with Crippen molar-refractivity contribution in [1.82, 2.24) is 4.90 Å². The average molecular weight is 284 g/mol. The molecule has 1 aliphatic heterocycles. The summed E-state index contributed by atoms with van der Waals surface area (Å²) in [4.78, 5) is 13.4. The molecule has 0 aliphatic carbocycles. The molecule has 1 saturated heterocycles. The maximum atomic E-state index is 14.0. The third-order valence-corrected chi connectivity index (χ3v) is 3.59. The quantitative estimate of drug-likeness (QED) is 0.913. The van der Waals surface area contributed by atoms with Crippen molar-refractivity contribution >= 4 is 5.91 Å². The minimum Gasteiger partial charge on any atom is -0.383 e. The molecule has 4 nitrogen and oxygen atoms in total. The molecule has 1 fully saturated rings. The molecule has 2 atom stereocenters. The molecular weight excluding hydrogens is 266 g/mol. The summed E-state index contributed by atoms with van der Waals surface area (Å²) in [5, 5.41) is 0. The Bertz CT molecular complexity index is 476. The Morgan fingerprint density at radius 2 is 2.05 bits per heavy atom. The maximum Gasteiger partial charge on any atom is 0.223 e. The van der Waals surface area contributed by atoms with Crippen molar-refractivity contribution in [2.45, 2.75) is 24.9 Å². The highest BCUT2D eigenvalue weighted by Crippen LogP contribution is 2.33. The van der Waals surface area contributed by atoms with E-state index < -0.39 is 23.7 Å². The van der Waals surface area contributed by atoms with Gasteiger partial charge in [0.1, 0.15) is 11.6 Å². The maximum absolute atomic E-state index is 14.0. The zero-order chi connectivity index (χ0) is 14.7. The van der Waals surface area contributed by atoms with Crippen LogP contribution in [-0.2, 0) is 9.53 Å². The first-order valence-electron chi connectivity index (χ1n) is 6.54. The summed E-state index contributed by atoms with van der Waals surface area (Å²) in [5.41, 5.74) is 5.87. The molecule has 1 aromatic rings. The van der Waals surface area contributed by atoms with Gasteiger partial charge in [0.2, 0.25) is 5.91 Å². The molecule has 0 bridgehead atoms. The van der Waals surface area contributed by atoms with Gasteiger partial charge in [-0.15, -0.1) is 0 Å². The van der Waals surface area contributed by atoms with E-state index in [-0.39, 0.29) is 24.4 Å². The number of piperidine rings is 1. The molecular formula is C14H18F2N2O2. The van der Waals surface area contributed by atoms with Crippen molar-refractivity contribution in [2.24, 2.45) is 5.73 Å². The van der Waals surface area contributed by atoms with Crippen molar-refractivity contribution in [3.8, 4) is 0 Å². The van der Waals surface area contributed by atoms with Gasteiger partial charge in [-0.2, -0.15) is 0 Å².